The Balaban J connectivity index is 1.08. The summed E-state index contributed by atoms with van der Waals surface area (Å²) in [5.41, 5.74) is 9.78. The van der Waals surface area contributed by atoms with Crippen LogP contribution in [0.3, 0.4) is 0 Å². The standard InChI is InChI=1S/C56H34N6/c1-5-18-38(19-6-1)51-57-52(39-20-7-2-8-21-39)60-55(59-51)42-34-32-37(33-35-42)49-47-30-15-13-28-45(47)46-29-14-16-31-48(46)50(49)43-26-17-27-44(36-43)56-61-53(40-22-9-3-10-23-40)58-54(62-56)41-24-11-4-12-25-41/h1,3-7,9-36H. The van der Waals surface area contributed by atoms with Crippen molar-refractivity contribution in [1.29, 1.82) is 0 Å². The molecule has 0 fully saturated rings. The van der Waals surface area contributed by atoms with Crippen LogP contribution in [0, 0.1) is 12.1 Å². The molecule has 62 heavy (non-hydrogen) atoms. The van der Waals surface area contributed by atoms with E-state index < -0.39 is 0 Å². The molecule has 0 spiro atoms. The Bertz CT molecular complexity index is 3260. The first-order valence-corrected chi connectivity index (χ1v) is 20.5. The lowest BCUT2D eigenvalue weighted by Crippen LogP contribution is -2.00. The van der Waals surface area contributed by atoms with Gasteiger partial charge in [-0.15, -0.1) is 0 Å². The zero-order chi connectivity index (χ0) is 41.2. The number of benzene rings is 8. The smallest absolute Gasteiger partial charge is 0.164 e. The van der Waals surface area contributed by atoms with Crippen LogP contribution in [-0.2, 0) is 0 Å². The maximum absolute atomic E-state index is 5.07. The summed E-state index contributed by atoms with van der Waals surface area (Å²) in [5.74, 6) is 3.63. The van der Waals surface area contributed by atoms with Crippen LogP contribution in [0.2, 0.25) is 0 Å². The van der Waals surface area contributed by atoms with Gasteiger partial charge in [0.1, 0.15) is 0 Å². The highest BCUT2D eigenvalue weighted by Gasteiger charge is 2.20. The molecule has 0 radical (unpaired) electrons. The molecular weight excluding hydrogens is 757 g/mol. The van der Waals surface area contributed by atoms with E-state index >= 15 is 0 Å². The fourth-order valence-corrected chi connectivity index (χ4v) is 8.12. The van der Waals surface area contributed by atoms with E-state index in [2.05, 4.69) is 109 Å². The van der Waals surface area contributed by atoms with Crippen LogP contribution in [-0.4, -0.2) is 29.9 Å². The fraction of sp³-hybridized carbons (Fsp3) is 0. The minimum absolute atomic E-state index is 0.579. The summed E-state index contributed by atoms with van der Waals surface area (Å²) in [6, 6.07) is 76.3. The van der Waals surface area contributed by atoms with Crippen LogP contribution in [0.1, 0.15) is 0 Å². The summed E-state index contributed by atoms with van der Waals surface area (Å²) in [6.07, 6.45) is 0. The number of rotatable bonds is 8. The number of aromatic nitrogens is 6. The Hall–Kier alpha value is -8.66. The van der Waals surface area contributed by atoms with Gasteiger partial charge in [-0.05, 0) is 68.1 Å². The van der Waals surface area contributed by atoms with Gasteiger partial charge < -0.3 is 0 Å². The Labute approximate surface area is 359 Å². The molecule has 9 aromatic carbocycles. The Morgan fingerprint density at radius 2 is 0.597 bits per heavy atom. The predicted molar refractivity (Wildman–Crippen MR) is 249 cm³/mol. The third kappa shape index (κ3) is 6.90. The van der Waals surface area contributed by atoms with Gasteiger partial charge in [-0.3, -0.25) is 0 Å². The highest BCUT2D eigenvalue weighted by molar-refractivity contribution is 6.21. The second-order valence-corrected chi connectivity index (χ2v) is 14.9. The lowest BCUT2D eigenvalue weighted by atomic mass is 9.84. The van der Waals surface area contributed by atoms with Gasteiger partial charge in [0.25, 0.3) is 0 Å². The number of hydrogen-bond acceptors (Lipinski definition) is 6. The van der Waals surface area contributed by atoms with E-state index in [0.717, 1.165) is 66.4 Å². The van der Waals surface area contributed by atoms with E-state index in [1.165, 1.54) is 10.8 Å². The fourth-order valence-electron chi connectivity index (χ4n) is 8.12. The zero-order valence-electron chi connectivity index (χ0n) is 33.3. The minimum atomic E-state index is 0.579. The number of nitrogens with zero attached hydrogens (tertiary/aromatic N) is 6. The Morgan fingerprint density at radius 3 is 1.06 bits per heavy atom. The van der Waals surface area contributed by atoms with Gasteiger partial charge in [-0.2, -0.15) is 0 Å². The second kappa shape index (κ2) is 15.8. The average molecular weight is 791 g/mol. The van der Waals surface area contributed by atoms with E-state index in [1.807, 2.05) is 109 Å². The predicted octanol–water partition coefficient (Wildman–Crippen LogP) is 13.3. The molecule has 0 aliphatic carbocycles. The molecular formula is C56H34N6. The van der Waals surface area contributed by atoms with Crippen molar-refractivity contribution in [3.05, 3.63) is 218 Å². The first-order valence-electron chi connectivity index (χ1n) is 20.5. The van der Waals surface area contributed by atoms with Gasteiger partial charge in [0.2, 0.25) is 0 Å². The minimum Gasteiger partial charge on any atom is -0.208 e. The number of fused-ring (bicyclic) bond motifs is 3. The van der Waals surface area contributed by atoms with Crippen molar-refractivity contribution in [3.63, 3.8) is 0 Å². The van der Waals surface area contributed by atoms with Gasteiger partial charge >= 0.3 is 0 Å². The van der Waals surface area contributed by atoms with Crippen molar-refractivity contribution in [2.75, 3.05) is 0 Å². The molecule has 0 saturated carbocycles. The maximum atomic E-state index is 5.07. The van der Waals surface area contributed by atoms with Crippen molar-refractivity contribution < 1.29 is 0 Å². The molecule has 0 atom stereocenters. The van der Waals surface area contributed by atoms with Gasteiger partial charge in [-0.1, -0.05) is 194 Å². The quantitative estimate of drug-likeness (QED) is 0.143. The van der Waals surface area contributed by atoms with Gasteiger partial charge in [0.05, 0.1) is 0 Å². The van der Waals surface area contributed by atoms with Crippen LogP contribution in [0.25, 0.3) is 112 Å². The first-order chi connectivity index (χ1) is 30.7. The molecule has 2 heterocycles. The highest BCUT2D eigenvalue weighted by Crippen LogP contribution is 2.45. The molecule has 0 bridgehead atoms. The summed E-state index contributed by atoms with van der Waals surface area (Å²) >= 11 is 0. The van der Waals surface area contributed by atoms with Gasteiger partial charge in [-0.25, -0.2) is 29.9 Å². The summed E-state index contributed by atoms with van der Waals surface area (Å²) in [6.45, 7) is 0. The average Bonchev–Trinajstić information content (AvgIpc) is 3.37. The summed E-state index contributed by atoms with van der Waals surface area (Å²) in [7, 11) is 0. The van der Waals surface area contributed by atoms with Gasteiger partial charge in [0.15, 0.2) is 34.9 Å². The second-order valence-electron chi connectivity index (χ2n) is 14.9. The molecule has 288 valence electrons. The van der Waals surface area contributed by atoms with Crippen LogP contribution in [0.5, 0.6) is 0 Å². The van der Waals surface area contributed by atoms with Crippen molar-refractivity contribution in [3.8, 4) is 90.6 Å². The molecule has 0 unspecified atom stereocenters. The molecule has 0 aliphatic heterocycles. The third-order valence-electron chi connectivity index (χ3n) is 11.1. The molecule has 2 aromatic heterocycles. The van der Waals surface area contributed by atoms with Crippen molar-refractivity contribution in [1.82, 2.24) is 29.9 Å². The maximum Gasteiger partial charge on any atom is 0.164 e. The molecule has 6 heteroatoms. The van der Waals surface area contributed by atoms with Crippen LogP contribution >= 0.6 is 0 Å². The molecule has 0 aliphatic rings. The normalized spacial score (nSPS) is 11.1. The van der Waals surface area contributed by atoms with Crippen molar-refractivity contribution in [2.45, 2.75) is 0 Å². The molecule has 0 amide bonds. The molecule has 0 N–H and O–H groups in total. The van der Waals surface area contributed by atoms with Gasteiger partial charge in [0, 0.05) is 33.4 Å². The van der Waals surface area contributed by atoms with Crippen molar-refractivity contribution in [2.24, 2.45) is 0 Å². The lowest BCUT2D eigenvalue weighted by molar-refractivity contribution is 1.07. The first kappa shape index (κ1) is 36.4. The summed E-state index contributed by atoms with van der Waals surface area (Å²) in [5, 5.41) is 4.68. The number of hydrogen-bond donors (Lipinski definition) is 0. The third-order valence-corrected chi connectivity index (χ3v) is 11.1. The zero-order valence-corrected chi connectivity index (χ0v) is 33.3. The van der Waals surface area contributed by atoms with E-state index in [0.29, 0.717) is 34.9 Å². The molecule has 11 rings (SSSR count). The summed E-state index contributed by atoms with van der Waals surface area (Å²) in [4.78, 5) is 29.9. The van der Waals surface area contributed by atoms with Crippen LogP contribution in [0.4, 0.5) is 0 Å². The Kier molecular flexibility index (Phi) is 9.30. The molecule has 0 saturated heterocycles. The summed E-state index contributed by atoms with van der Waals surface area (Å²) < 4.78 is 0. The monoisotopic (exact) mass is 790 g/mol. The van der Waals surface area contributed by atoms with E-state index in [1.54, 1.807) is 0 Å². The van der Waals surface area contributed by atoms with Crippen LogP contribution < -0.4 is 0 Å². The van der Waals surface area contributed by atoms with Crippen molar-refractivity contribution >= 4 is 21.5 Å². The SMILES string of the molecule is c1ccc(-c2nc(-c3ccccc3)nc(-c3ccc(-c4c(-c5cccc(-c6nc(-c7ccccc7)nc(-c7ccccc7)n6)c5)c5ccccc5c5ccccc45)cc3)n2)cc#1. The molecule has 11 aromatic rings. The van der Waals surface area contributed by atoms with Crippen LogP contribution in [0.15, 0.2) is 206 Å². The molecule has 6 nitrogen and oxygen atoms in total. The van der Waals surface area contributed by atoms with E-state index in [4.69, 9.17) is 29.9 Å². The highest BCUT2D eigenvalue weighted by atomic mass is 15.0. The topological polar surface area (TPSA) is 77.3 Å². The largest absolute Gasteiger partial charge is 0.208 e. The van der Waals surface area contributed by atoms with E-state index in [9.17, 15) is 0 Å². The Morgan fingerprint density at radius 1 is 0.242 bits per heavy atom. The lowest BCUT2D eigenvalue weighted by Gasteiger charge is -2.19. The van der Waals surface area contributed by atoms with E-state index in [-0.39, 0.29) is 0 Å².